The first kappa shape index (κ1) is 21.3. The van der Waals surface area contributed by atoms with Gasteiger partial charge in [0.2, 0.25) is 0 Å². The summed E-state index contributed by atoms with van der Waals surface area (Å²) in [6.45, 7) is 4.77. The van der Waals surface area contributed by atoms with Crippen LogP contribution in [0, 0.1) is 0 Å². The summed E-state index contributed by atoms with van der Waals surface area (Å²) in [7, 11) is 0. The lowest BCUT2D eigenvalue weighted by Gasteiger charge is -2.27. The number of carbonyl (C=O) groups excluding carboxylic acids is 2. The number of halogens is 1. The molecule has 1 saturated heterocycles. The topological polar surface area (TPSA) is 67.9 Å². The molecule has 0 spiro atoms. The third-order valence-electron chi connectivity index (χ3n) is 4.65. The molecule has 0 radical (unpaired) electrons. The van der Waals surface area contributed by atoms with Crippen molar-refractivity contribution in [2.75, 3.05) is 38.2 Å². The van der Waals surface area contributed by atoms with Crippen molar-refractivity contribution in [2.24, 2.45) is 0 Å². The van der Waals surface area contributed by atoms with Crippen molar-refractivity contribution < 1.29 is 19.1 Å². The zero-order valence-electron chi connectivity index (χ0n) is 16.4. The fourth-order valence-corrected chi connectivity index (χ4v) is 3.40. The Morgan fingerprint density at radius 2 is 1.90 bits per heavy atom. The molecule has 0 aliphatic carbocycles. The summed E-state index contributed by atoms with van der Waals surface area (Å²) >= 11 is 3.41. The van der Waals surface area contributed by atoms with Crippen LogP contribution in [0.25, 0.3) is 0 Å². The van der Waals surface area contributed by atoms with E-state index < -0.39 is 0 Å². The van der Waals surface area contributed by atoms with Gasteiger partial charge in [0.15, 0.2) is 0 Å². The monoisotopic (exact) mass is 460 g/mol. The highest BCUT2D eigenvalue weighted by atomic mass is 79.9. The van der Waals surface area contributed by atoms with E-state index in [4.69, 9.17) is 9.47 Å². The highest BCUT2D eigenvalue weighted by Crippen LogP contribution is 2.26. The van der Waals surface area contributed by atoms with E-state index in [0.717, 1.165) is 17.3 Å². The standard InChI is InChI=1S/C22H25BrN2O4/c1-2-3-12-29-20-9-8-16(23)15-18(20)21(26)24-19-7-5-4-6-17(19)22(27)25-10-13-28-14-11-25/h4-9,15H,2-3,10-14H2,1H3,(H,24,26). The molecule has 1 heterocycles. The van der Waals surface area contributed by atoms with Crippen molar-refractivity contribution in [1.29, 1.82) is 0 Å². The van der Waals surface area contributed by atoms with Gasteiger partial charge in [0.25, 0.3) is 11.8 Å². The van der Waals surface area contributed by atoms with E-state index in [-0.39, 0.29) is 11.8 Å². The van der Waals surface area contributed by atoms with Gasteiger partial charge in [0.1, 0.15) is 5.75 Å². The van der Waals surface area contributed by atoms with Gasteiger partial charge in [-0.3, -0.25) is 9.59 Å². The molecule has 154 valence electrons. The van der Waals surface area contributed by atoms with Gasteiger partial charge >= 0.3 is 0 Å². The maximum atomic E-state index is 13.0. The predicted molar refractivity (Wildman–Crippen MR) is 116 cm³/mol. The van der Waals surface area contributed by atoms with E-state index in [1.165, 1.54) is 0 Å². The lowest BCUT2D eigenvalue weighted by Crippen LogP contribution is -2.41. The molecule has 1 aliphatic rings. The molecule has 6 nitrogen and oxygen atoms in total. The molecule has 1 aliphatic heterocycles. The molecule has 0 aromatic heterocycles. The molecule has 2 aromatic rings. The third-order valence-corrected chi connectivity index (χ3v) is 5.14. The van der Waals surface area contributed by atoms with E-state index in [1.807, 2.05) is 6.07 Å². The Balaban J connectivity index is 1.81. The molecule has 0 atom stereocenters. The maximum absolute atomic E-state index is 13.0. The first-order chi connectivity index (χ1) is 14.1. The van der Waals surface area contributed by atoms with Gasteiger partial charge in [0.05, 0.1) is 36.6 Å². The van der Waals surface area contributed by atoms with Crippen LogP contribution >= 0.6 is 15.9 Å². The molecule has 1 N–H and O–H groups in total. The Hall–Kier alpha value is -2.38. The van der Waals surface area contributed by atoms with Crippen LogP contribution in [0.4, 0.5) is 5.69 Å². The average Bonchev–Trinajstić information content (AvgIpc) is 2.75. The summed E-state index contributed by atoms with van der Waals surface area (Å²) in [4.78, 5) is 27.7. The lowest BCUT2D eigenvalue weighted by molar-refractivity contribution is 0.0303. The Kier molecular flexibility index (Phi) is 7.66. The highest BCUT2D eigenvalue weighted by molar-refractivity contribution is 9.10. The fourth-order valence-electron chi connectivity index (χ4n) is 3.04. The van der Waals surface area contributed by atoms with E-state index in [0.29, 0.717) is 55.5 Å². The quantitative estimate of drug-likeness (QED) is 0.623. The van der Waals surface area contributed by atoms with Crippen molar-refractivity contribution >= 4 is 33.4 Å². The SMILES string of the molecule is CCCCOc1ccc(Br)cc1C(=O)Nc1ccccc1C(=O)N1CCOCC1. The summed E-state index contributed by atoms with van der Waals surface area (Å²) in [5, 5.41) is 2.89. The largest absolute Gasteiger partial charge is 0.493 e. The molecule has 1 fully saturated rings. The number of morpholine rings is 1. The van der Waals surface area contributed by atoms with Crippen molar-refractivity contribution in [3.05, 3.63) is 58.1 Å². The van der Waals surface area contributed by atoms with E-state index in [1.54, 1.807) is 41.3 Å². The minimum Gasteiger partial charge on any atom is -0.493 e. The number of amides is 2. The van der Waals surface area contributed by atoms with Gasteiger partial charge in [-0.1, -0.05) is 41.4 Å². The van der Waals surface area contributed by atoms with E-state index in [9.17, 15) is 9.59 Å². The summed E-state index contributed by atoms with van der Waals surface area (Å²) in [6.07, 6.45) is 1.92. The molecule has 2 aromatic carbocycles. The number of hydrogen-bond donors (Lipinski definition) is 1. The average molecular weight is 461 g/mol. The van der Waals surface area contributed by atoms with Crippen LogP contribution < -0.4 is 10.1 Å². The van der Waals surface area contributed by atoms with Crippen LogP contribution in [0.5, 0.6) is 5.75 Å². The van der Waals surface area contributed by atoms with Crippen molar-refractivity contribution in [1.82, 2.24) is 4.90 Å². The fraction of sp³-hybridized carbons (Fsp3) is 0.364. The Morgan fingerprint density at radius 1 is 1.14 bits per heavy atom. The molecule has 29 heavy (non-hydrogen) atoms. The van der Waals surface area contributed by atoms with Crippen LogP contribution in [0.3, 0.4) is 0 Å². The number of ether oxygens (including phenoxy) is 2. The van der Waals surface area contributed by atoms with E-state index >= 15 is 0 Å². The Morgan fingerprint density at radius 3 is 2.66 bits per heavy atom. The number of para-hydroxylation sites is 1. The van der Waals surface area contributed by atoms with Crippen molar-refractivity contribution in [2.45, 2.75) is 19.8 Å². The van der Waals surface area contributed by atoms with Gasteiger partial charge in [-0.15, -0.1) is 0 Å². The van der Waals surface area contributed by atoms with Crippen LogP contribution in [0.15, 0.2) is 46.9 Å². The van der Waals surface area contributed by atoms with Gasteiger partial charge in [-0.2, -0.15) is 0 Å². The van der Waals surface area contributed by atoms with Gasteiger partial charge in [-0.05, 0) is 36.8 Å². The second kappa shape index (κ2) is 10.4. The molecule has 0 saturated carbocycles. The Labute approximate surface area is 179 Å². The first-order valence-electron chi connectivity index (χ1n) is 9.80. The zero-order valence-corrected chi connectivity index (χ0v) is 18.0. The van der Waals surface area contributed by atoms with Crippen LogP contribution in [0.1, 0.15) is 40.5 Å². The highest BCUT2D eigenvalue weighted by Gasteiger charge is 2.22. The van der Waals surface area contributed by atoms with Gasteiger partial charge in [0, 0.05) is 17.6 Å². The van der Waals surface area contributed by atoms with Crippen molar-refractivity contribution in [3.8, 4) is 5.75 Å². The number of rotatable bonds is 7. The minimum absolute atomic E-state index is 0.113. The molecule has 0 bridgehead atoms. The zero-order chi connectivity index (χ0) is 20.6. The number of hydrogen-bond acceptors (Lipinski definition) is 4. The number of anilines is 1. The van der Waals surface area contributed by atoms with Gasteiger partial charge < -0.3 is 19.7 Å². The number of nitrogens with one attached hydrogen (secondary N) is 1. The van der Waals surface area contributed by atoms with Crippen LogP contribution in [-0.4, -0.2) is 49.6 Å². The molecule has 7 heteroatoms. The Bertz CT molecular complexity index is 866. The first-order valence-corrected chi connectivity index (χ1v) is 10.6. The molecular formula is C22H25BrN2O4. The maximum Gasteiger partial charge on any atom is 0.259 e. The van der Waals surface area contributed by atoms with Crippen LogP contribution in [-0.2, 0) is 4.74 Å². The summed E-state index contributed by atoms with van der Waals surface area (Å²) < 4.78 is 11.9. The number of carbonyl (C=O) groups is 2. The number of benzene rings is 2. The molecule has 0 unspecified atom stereocenters. The molecular weight excluding hydrogens is 436 g/mol. The molecule has 3 rings (SSSR count). The third kappa shape index (κ3) is 5.58. The second-order valence-electron chi connectivity index (χ2n) is 6.75. The normalized spacial score (nSPS) is 13.8. The van der Waals surface area contributed by atoms with Gasteiger partial charge in [-0.25, -0.2) is 0 Å². The van der Waals surface area contributed by atoms with Crippen LogP contribution in [0.2, 0.25) is 0 Å². The van der Waals surface area contributed by atoms with E-state index in [2.05, 4.69) is 28.2 Å². The summed E-state index contributed by atoms with van der Waals surface area (Å²) in [6, 6.07) is 12.4. The summed E-state index contributed by atoms with van der Waals surface area (Å²) in [5.41, 5.74) is 1.36. The minimum atomic E-state index is -0.319. The molecule has 2 amide bonds. The predicted octanol–water partition coefficient (Wildman–Crippen LogP) is 4.35. The smallest absolute Gasteiger partial charge is 0.259 e. The van der Waals surface area contributed by atoms with Crippen molar-refractivity contribution in [3.63, 3.8) is 0 Å². The second-order valence-corrected chi connectivity index (χ2v) is 7.66. The number of nitrogens with zero attached hydrogens (tertiary/aromatic N) is 1. The lowest BCUT2D eigenvalue weighted by atomic mass is 10.1. The number of unbranched alkanes of at least 4 members (excludes halogenated alkanes) is 1. The summed E-state index contributed by atoms with van der Waals surface area (Å²) in [5.74, 6) is 0.0917.